The van der Waals surface area contributed by atoms with Gasteiger partial charge in [-0.05, 0) is 36.2 Å². The van der Waals surface area contributed by atoms with Crippen LogP contribution in [0.15, 0.2) is 42.5 Å². The first-order chi connectivity index (χ1) is 10.2. The summed E-state index contributed by atoms with van der Waals surface area (Å²) in [5, 5.41) is 2.76. The maximum atomic E-state index is 13.4. The molecule has 2 aromatic rings. The molecule has 1 N–H and O–H groups in total. The van der Waals surface area contributed by atoms with E-state index < -0.39 is 0 Å². The van der Waals surface area contributed by atoms with Gasteiger partial charge in [-0.1, -0.05) is 18.2 Å². The quantitative estimate of drug-likeness (QED) is 0.940. The predicted molar refractivity (Wildman–Crippen MR) is 75.0 cm³/mol. The Labute approximate surface area is 121 Å². The van der Waals surface area contributed by atoms with Crippen LogP contribution in [0.25, 0.3) is 0 Å². The van der Waals surface area contributed by atoms with Crippen molar-refractivity contribution in [2.24, 2.45) is 0 Å². The highest BCUT2D eigenvalue weighted by Crippen LogP contribution is 2.32. The molecule has 0 fully saturated rings. The number of halogens is 1. The van der Waals surface area contributed by atoms with Crippen molar-refractivity contribution < 1.29 is 18.7 Å². The number of rotatable bonds is 4. The molecule has 2 aromatic carbocycles. The molecule has 0 saturated heterocycles. The summed E-state index contributed by atoms with van der Waals surface area (Å²) >= 11 is 0. The van der Waals surface area contributed by atoms with E-state index in [-0.39, 0.29) is 18.5 Å². The van der Waals surface area contributed by atoms with Crippen molar-refractivity contribution in [1.82, 2.24) is 5.32 Å². The molecule has 21 heavy (non-hydrogen) atoms. The van der Waals surface area contributed by atoms with Gasteiger partial charge in [-0.3, -0.25) is 4.79 Å². The van der Waals surface area contributed by atoms with E-state index in [1.54, 1.807) is 36.4 Å². The lowest BCUT2D eigenvalue weighted by atomic mass is 10.1. The molecule has 1 amide bonds. The van der Waals surface area contributed by atoms with Gasteiger partial charge in [0.1, 0.15) is 5.82 Å². The summed E-state index contributed by atoms with van der Waals surface area (Å²) in [6.07, 6.45) is 0.447. The van der Waals surface area contributed by atoms with Crippen molar-refractivity contribution in [2.75, 3.05) is 13.3 Å². The fourth-order valence-corrected chi connectivity index (χ4v) is 2.15. The van der Waals surface area contributed by atoms with Crippen LogP contribution in [0.5, 0.6) is 11.5 Å². The molecule has 0 saturated carbocycles. The van der Waals surface area contributed by atoms with E-state index in [9.17, 15) is 9.18 Å². The van der Waals surface area contributed by atoms with Crippen molar-refractivity contribution in [2.45, 2.75) is 6.42 Å². The summed E-state index contributed by atoms with van der Waals surface area (Å²) in [5.74, 6) is 0.731. The van der Waals surface area contributed by atoms with E-state index in [0.717, 1.165) is 0 Å². The molecule has 1 aliphatic rings. The van der Waals surface area contributed by atoms with Crippen LogP contribution in [0, 0.1) is 5.82 Å². The average molecular weight is 287 g/mol. The van der Waals surface area contributed by atoms with Crippen LogP contribution < -0.4 is 14.8 Å². The summed E-state index contributed by atoms with van der Waals surface area (Å²) in [6, 6.07) is 11.6. The number of fused-ring (bicyclic) bond motifs is 1. The minimum absolute atomic E-state index is 0.174. The largest absolute Gasteiger partial charge is 0.454 e. The van der Waals surface area contributed by atoms with Gasteiger partial charge in [0.15, 0.2) is 11.5 Å². The average Bonchev–Trinajstić information content (AvgIpc) is 2.96. The monoisotopic (exact) mass is 287 g/mol. The van der Waals surface area contributed by atoms with Crippen LogP contribution >= 0.6 is 0 Å². The van der Waals surface area contributed by atoms with Crippen molar-refractivity contribution in [3.05, 3.63) is 59.4 Å². The fraction of sp³-hybridized carbons (Fsp3) is 0.188. The summed E-state index contributed by atoms with van der Waals surface area (Å²) in [7, 11) is 0. The van der Waals surface area contributed by atoms with Gasteiger partial charge in [-0.25, -0.2) is 4.39 Å². The van der Waals surface area contributed by atoms with Crippen LogP contribution in [0.1, 0.15) is 15.9 Å². The van der Waals surface area contributed by atoms with Crippen molar-refractivity contribution in [3.8, 4) is 11.5 Å². The Morgan fingerprint density at radius 3 is 2.81 bits per heavy atom. The zero-order valence-corrected chi connectivity index (χ0v) is 11.3. The topological polar surface area (TPSA) is 47.6 Å². The van der Waals surface area contributed by atoms with E-state index in [1.165, 1.54) is 6.07 Å². The molecule has 5 heteroatoms. The Kier molecular flexibility index (Phi) is 3.73. The molecular weight excluding hydrogens is 273 g/mol. The molecule has 3 rings (SSSR count). The van der Waals surface area contributed by atoms with E-state index in [4.69, 9.17) is 9.47 Å². The van der Waals surface area contributed by atoms with Gasteiger partial charge in [0, 0.05) is 12.1 Å². The Morgan fingerprint density at radius 2 is 1.95 bits per heavy atom. The lowest BCUT2D eigenvalue weighted by Crippen LogP contribution is -2.25. The molecule has 4 nitrogen and oxygen atoms in total. The Bertz CT molecular complexity index is 672. The maximum Gasteiger partial charge on any atom is 0.251 e. The lowest BCUT2D eigenvalue weighted by Gasteiger charge is -2.07. The highest BCUT2D eigenvalue weighted by molar-refractivity contribution is 5.94. The van der Waals surface area contributed by atoms with Crippen LogP contribution in [-0.2, 0) is 6.42 Å². The smallest absolute Gasteiger partial charge is 0.251 e. The van der Waals surface area contributed by atoms with Gasteiger partial charge in [-0.15, -0.1) is 0 Å². The number of carbonyl (C=O) groups is 1. The fourth-order valence-electron chi connectivity index (χ4n) is 2.15. The predicted octanol–water partition coefficient (Wildman–Crippen LogP) is 2.53. The highest BCUT2D eigenvalue weighted by atomic mass is 19.1. The molecule has 0 bridgehead atoms. The number of amides is 1. The standard InChI is InChI=1S/C16H14FNO3/c17-13-4-2-1-3-11(13)7-8-18-16(19)12-5-6-14-15(9-12)21-10-20-14/h1-6,9H,7-8,10H2,(H,18,19). The summed E-state index contributed by atoms with van der Waals surface area (Å²) in [4.78, 5) is 12.0. The normalized spacial score (nSPS) is 12.2. The van der Waals surface area contributed by atoms with E-state index >= 15 is 0 Å². The molecule has 0 radical (unpaired) electrons. The van der Waals surface area contributed by atoms with Gasteiger partial charge in [0.2, 0.25) is 6.79 Å². The van der Waals surface area contributed by atoms with E-state index in [0.29, 0.717) is 35.6 Å². The van der Waals surface area contributed by atoms with E-state index in [1.807, 2.05) is 0 Å². The van der Waals surface area contributed by atoms with Crippen molar-refractivity contribution in [3.63, 3.8) is 0 Å². The third-order valence-corrected chi connectivity index (χ3v) is 3.27. The molecule has 1 heterocycles. The number of nitrogens with one attached hydrogen (secondary N) is 1. The Balaban J connectivity index is 1.58. The molecule has 0 aromatic heterocycles. The maximum absolute atomic E-state index is 13.4. The third kappa shape index (κ3) is 2.97. The van der Waals surface area contributed by atoms with Gasteiger partial charge in [0.05, 0.1) is 0 Å². The van der Waals surface area contributed by atoms with Crippen molar-refractivity contribution >= 4 is 5.91 Å². The Hall–Kier alpha value is -2.56. The van der Waals surface area contributed by atoms with Gasteiger partial charge >= 0.3 is 0 Å². The number of carbonyl (C=O) groups excluding carboxylic acids is 1. The van der Waals surface area contributed by atoms with Crippen LogP contribution in [0.3, 0.4) is 0 Å². The first-order valence-corrected chi connectivity index (χ1v) is 6.65. The molecular formula is C16H14FNO3. The first kappa shape index (κ1) is 13.4. The highest BCUT2D eigenvalue weighted by Gasteiger charge is 2.16. The molecule has 0 spiro atoms. The second kappa shape index (κ2) is 5.83. The van der Waals surface area contributed by atoms with E-state index in [2.05, 4.69) is 5.32 Å². The third-order valence-electron chi connectivity index (χ3n) is 3.27. The number of hydrogen-bond acceptors (Lipinski definition) is 3. The number of benzene rings is 2. The molecule has 0 unspecified atom stereocenters. The number of ether oxygens (including phenoxy) is 2. The second-order valence-electron chi connectivity index (χ2n) is 4.67. The molecule has 0 atom stereocenters. The zero-order chi connectivity index (χ0) is 14.7. The lowest BCUT2D eigenvalue weighted by molar-refractivity contribution is 0.0953. The van der Waals surface area contributed by atoms with Gasteiger partial charge in [0.25, 0.3) is 5.91 Å². The van der Waals surface area contributed by atoms with Crippen molar-refractivity contribution in [1.29, 1.82) is 0 Å². The minimum Gasteiger partial charge on any atom is -0.454 e. The molecule has 108 valence electrons. The Morgan fingerprint density at radius 1 is 1.14 bits per heavy atom. The van der Waals surface area contributed by atoms with Crippen LogP contribution in [0.2, 0.25) is 0 Å². The van der Waals surface area contributed by atoms with Gasteiger partial charge in [-0.2, -0.15) is 0 Å². The zero-order valence-electron chi connectivity index (χ0n) is 11.3. The molecule has 0 aliphatic carbocycles. The van der Waals surface area contributed by atoms with Crippen LogP contribution in [0.4, 0.5) is 4.39 Å². The minimum atomic E-state index is -0.255. The first-order valence-electron chi connectivity index (χ1n) is 6.65. The van der Waals surface area contributed by atoms with Gasteiger partial charge < -0.3 is 14.8 Å². The van der Waals surface area contributed by atoms with Crippen LogP contribution in [-0.4, -0.2) is 19.2 Å². The summed E-state index contributed by atoms with van der Waals surface area (Å²) < 4.78 is 23.9. The number of hydrogen-bond donors (Lipinski definition) is 1. The second-order valence-corrected chi connectivity index (χ2v) is 4.67. The molecule has 1 aliphatic heterocycles. The SMILES string of the molecule is O=C(NCCc1ccccc1F)c1ccc2c(c1)OCO2. The summed E-state index contributed by atoms with van der Waals surface area (Å²) in [6.45, 7) is 0.544. The summed E-state index contributed by atoms with van der Waals surface area (Å²) in [5.41, 5.74) is 1.08.